The van der Waals surface area contributed by atoms with Crippen molar-refractivity contribution in [3.63, 3.8) is 0 Å². The smallest absolute Gasteiger partial charge is 0.304 e. The van der Waals surface area contributed by atoms with E-state index in [-0.39, 0.29) is 23.0 Å². The third kappa shape index (κ3) is 4.61. The maximum absolute atomic E-state index is 11.2. The Hall–Kier alpha value is -0.883. The third-order valence-corrected chi connectivity index (χ3v) is 8.27. The van der Waals surface area contributed by atoms with Crippen LogP contribution >= 0.6 is 0 Å². The quantitative estimate of drug-likeness (QED) is 0.364. The van der Waals surface area contributed by atoms with Gasteiger partial charge >= 0.3 is 5.97 Å². The monoisotopic (exact) mass is 287 g/mol. The van der Waals surface area contributed by atoms with Gasteiger partial charge in [-0.15, -0.1) is 0 Å². The summed E-state index contributed by atoms with van der Waals surface area (Å²) in [5.41, 5.74) is 0. The largest absolute Gasteiger partial charge is 0.437 e. The molecule has 1 aliphatic heterocycles. The Morgan fingerprint density at radius 2 is 2.00 bits per heavy atom. The molecule has 0 radical (unpaired) electrons. The molecule has 0 aromatic heterocycles. The van der Waals surface area contributed by atoms with Crippen LogP contribution in [0.5, 0.6) is 0 Å². The molecule has 1 fully saturated rings. The Kier molecular flexibility index (Phi) is 4.79. The summed E-state index contributed by atoms with van der Waals surface area (Å²) in [4.78, 5) is 22.1. The highest BCUT2D eigenvalue weighted by atomic mass is 28.4. The SMILES string of the molecule is CC(=O)OC(C[C@@H]1CC(=O)N1)O[Si](C)(C)C(C)(C)C. The van der Waals surface area contributed by atoms with Crippen molar-refractivity contribution in [1.82, 2.24) is 5.32 Å². The molecule has 0 spiro atoms. The second-order valence-corrected chi connectivity index (χ2v) is 11.4. The summed E-state index contributed by atoms with van der Waals surface area (Å²) in [7, 11) is -2.00. The van der Waals surface area contributed by atoms with Crippen molar-refractivity contribution in [2.45, 2.75) is 71.0 Å². The van der Waals surface area contributed by atoms with Gasteiger partial charge in [-0.2, -0.15) is 0 Å². The van der Waals surface area contributed by atoms with Gasteiger partial charge in [0.25, 0.3) is 0 Å². The van der Waals surface area contributed by atoms with Crippen LogP contribution in [0.1, 0.15) is 40.5 Å². The molecule has 0 aromatic rings. The molecule has 1 heterocycles. The van der Waals surface area contributed by atoms with Gasteiger partial charge in [0, 0.05) is 25.8 Å². The topological polar surface area (TPSA) is 64.6 Å². The Labute approximate surface area is 116 Å². The molecular weight excluding hydrogens is 262 g/mol. The van der Waals surface area contributed by atoms with Crippen molar-refractivity contribution >= 4 is 20.2 Å². The lowest BCUT2D eigenvalue weighted by Crippen LogP contribution is -2.52. The van der Waals surface area contributed by atoms with E-state index in [1.807, 2.05) is 0 Å². The Morgan fingerprint density at radius 3 is 2.37 bits per heavy atom. The van der Waals surface area contributed by atoms with E-state index < -0.39 is 14.6 Å². The zero-order valence-corrected chi connectivity index (χ0v) is 13.7. The molecule has 19 heavy (non-hydrogen) atoms. The fourth-order valence-corrected chi connectivity index (χ4v) is 2.77. The van der Waals surface area contributed by atoms with E-state index in [0.29, 0.717) is 12.8 Å². The predicted molar refractivity (Wildman–Crippen MR) is 75.0 cm³/mol. The summed E-state index contributed by atoms with van der Waals surface area (Å²) < 4.78 is 11.3. The first kappa shape index (κ1) is 16.2. The summed E-state index contributed by atoms with van der Waals surface area (Å²) in [5, 5.41) is 2.83. The second-order valence-electron chi connectivity index (χ2n) is 6.62. The molecular formula is C13H25NO4Si. The zero-order chi connectivity index (χ0) is 14.8. The van der Waals surface area contributed by atoms with Gasteiger partial charge in [-0.3, -0.25) is 9.59 Å². The minimum Gasteiger partial charge on any atom is -0.437 e. The lowest BCUT2D eigenvalue weighted by molar-refractivity contribution is -0.165. The van der Waals surface area contributed by atoms with Crippen molar-refractivity contribution in [2.24, 2.45) is 0 Å². The number of hydrogen-bond acceptors (Lipinski definition) is 4. The lowest BCUT2D eigenvalue weighted by Gasteiger charge is -2.40. The molecule has 0 saturated carbocycles. The number of carbonyl (C=O) groups excluding carboxylic acids is 2. The van der Waals surface area contributed by atoms with Crippen LogP contribution in [-0.4, -0.2) is 32.5 Å². The third-order valence-electron chi connectivity index (χ3n) is 3.80. The van der Waals surface area contributed by atoms with Gasteiger partial charge in [0.15, 0.2) is 14.6 Å². The van der Waals surface area contributed by atoms with Crippen LogP contribution in [0.3, 0.4) is 0 Å². The van der Waals surface area contributed by atoms with E-state index in [0.717, 1.165) is 0 Å². The number of rotatable bonds is 5. The van der Waals surface area contributed by atoms with E-state index in [1.54, 1.807) is 0 Å². The van der Waals surface area contributed by atoms with Crippen LogP contribution in [0.4, 0.5) is 0 Å². The second kappa shape index (κ2) is 5.62. The average Bonchev–Trinajstić information content (AvgIpc) is 2.11. The first-order chi connectivity index (χ1) is 8.51. The van der Waals surface area contributed by atoms with E-state index >= 15 is 0 Å². The van der Waals surface area contributed by atoms with Gasteiger partial charge in [0.2, 0.25) is 5.91 Å². The van der Waals surface area contributed by atoms with Gasteiger partial charge in [-0.25, -0.2) is 0 Å². The summed E-state index contributed by atoms with van der Waals surface area (Å²) in [6.45, 7) is 12.0. The first-order valence-electron chi connectivity index (χ1n) is 6.65. The van der Waals surface area contributed by atoms with Crippen molar-refractivity contribution in [3.05, 3.63) is 0 Å². The Bertz CT molecular complexity index is 354. The number of hydrogen-bond donors (Lipinski definition) is 1. The van der Waals surface area contributed by atoms with Crippen molar-refractivity contribution in [1.29, 1.82) is 0 Å². The fourth-order valence-electron chi connectivity index (χ4n) is 1.62. The molecule has 5 nitrogen and oxygen atoms in total. The molecule has 1 rings (SSSR count). The molecule has 0 bridgehead atoms. The number of β-lactam (4-membered cyclic amide) rings is 1. The van der Waals surface area contributed by atoms with Crippen molar-refractivity contribution in [2.75, 3.05) is 0 Å². The predicted octanol–water partition coefficient (Wildman–Crippen LogP) is 2.18. The summed E-state index contributed by atoms with van der Waals surface area (Å²) >= 11 is 0. The molecule has 1 unspecified atom stereocenters. The summed E-state index contributed by atoms with van der Waals surface area (Å²) in [6.07, 6.45) is 0.445. The summed E-state index contributed by atoms with van der Waals surface area (Å²) in [5.74, 6) is -0.312. The minimum absolute atomic E-state index is 0.0406. The van der Waals surface area contributed by atoms with E-state index in [4.69, 9.17) is 9.16 Å². The molecule has 1 saturated heterocycles. The van der Waals surface area contributed by atoms with Gasteiger partial charge in [0.05, 0.1) is 0 Å². The Morgan fingerprint density at radius 1 is 1.47 bits per heavy atom. The highest BCUT2D eigenvalue weighted by molar-refractivity contribution is 6.74. The highest BCUT2D eigenvalue weighted by Crippen LogP contribution is 2.38. The van der Waals surface area contributed by atoms with Crippen LogP contribution in [-0.2, 0) is 18.8 Å². The molecule has 1 N–H and O–H groups in total. The van der Waals surface area contributed by atoms with Crippen LogP contribution in [0, 0.1) is 0 Å². The van der Waals surface area contributed by atoms with Gasteiger partial charge in [-0.05, 0) is 18.1 Å². The van der Waals surface area contributed by atoms with Gasteiger partial charge < -0.3 is 14.5 Å². The highest BCUT2D eigenvalue weighted by Gasteiger charge is 2.41. The van der Waals surface area contributed by atoms with Gasteiger partial charge in [-0.1, -0.05) is 20.8 Å². The van der Waals surface area contributed by atoms with E-state index in [2.05, 4.69) is 39.2 Å². The first-order valence-corrected chi connectivity index (χ1v) is 9.56. The molecule has 1 aliphatic rings. The maximum atomic E-state index is 11.2. The van der Waals surface area contributed by atoms with Crippen molar-refractivity contribution in [3.8, 4) is 0 Å². The fraction of sp³-hybridized carbons (Fsp3) is 0.846. The number of carbonyl (C=O) groups is 2. The van der Waals surface area contributed by atoms with Crippen LogP contribution in [0.25, 0.3) is 0 Å². The van der Waals surface area contributed by atoms with Crippen LogP contribution < -0.4 is 5.32 Å². The molecule has 6 heteroatoms. The number of nitrogens with one attached hydrogen (secondary N) is 1. The average molecular weight is 287 g/mol. The van der Waals surface area contributed by atoms with Gasteiger partial charge in [0.1, 0.15) is 0 Å². The molecule has 1 amide bonds. The minimum atomic E-state index is -2.00. The molecule has 0 aromatic carbocycles. The number of amides is 1. The van der Waals surface area contributed by atoms with Crippen LogP contribution in [0.2, 0.25) is 18.1 Å². The van der Waals surface area contributed by atoms with Crippen molar-refractivity contribution < 1.29 is 18.8 Å². The molecule has 2 atom stereocenters. The zero-order valence-electron chi connectivity index (χ0n) is 12.7. The number of ether oxygens (including phenoxy) is 1. The summed E-state index contributed by atoms with van der Waals surface area (Å²) in [6, 6.07) is 0.0571. The standard InChI is InChI=1S/C13H25NO4Si/c1-9(15)17-12(8-10-7-11(16)14-10)18-19(5,6)13(2,3)4/h10,12H,7-8H2,1-6H3,(H,14,16)/t10-,12?/m0/s1. The molecule has 0 aliphatic carbocycles. The normalized spacial score (nSPS) is 21.4. The lowest BCUT2D eigenvalue weighted by atomic mass is 10.0. The van der Waals surface area contributed by atoms with Crippen LogP contribution in [0.15, 0.2) is 0 Å². The van der Waals surface area contributed by atoms with E-state index in [9.17, 15) is 9.59 Å². The maximum Gasteiger partial charge on any atom is 0.304 e. The number of esters is 1. The molecule has 110 valence electrons. The Balaban J connectivity index is 2.63. The van der Waals surface area contributed by atoms with E-state index in [1.165, 1.54) is 6.92 Å².